The fourth-order valence-electron chi connectivity index (χ4n) is 4.06. The van der Waals surface area contributed by atoms with Crippen molar-refractivity contribution < 1.29 is 29.9 Å². The van der Waals surface area contributed by atoms with E-state index in [2.05, 4.69) is 0 Å². The van der Waals surface area contributed by atoms with Gasteiger partial charge >= 0.3 is 0 Å². The van der Waals surface area contributed by atoms with Gasteiger partial charge in [0.15, 0.2) is 6.29 Å². The van der Waals surface area contributed by atoms with E-state index in [4.69, 9.17) is 9.47 Å². The second-order valence-corrected chi connectivity index (χ2v) is 7.59. The number of hydrogen-bond donors (Lipinski definition) is 4. The summed E-state index contributed by atoms with van der Waals surface area (Å²) in [6.07, 6.45) is -6.89. The zero-order valence-corrected chi connectivity index (χ0v) is 16.9. The van der Waals surface area contributed by atoms with Gasteiger partial charge in [0, 0.05) is 0 Å². The summed E-state index contributed by atoms with van der Waals surface area (Å²) in [5.74, 6) is 0. The molecule has 6 nitrogen and oxygen atoms in total. The minimum atomic E-state index is -1.53. The van der Waals surface area contributed by atoms with Crippen LogP contribution >= 0.6 is 0 Å². The maximum atomic E-state index is 10.7. The molecule has 1 saturated heterocycles. The molecule has 1 aliphatic heterocycles. The third-order valence-corrected chi connectivity index (χ3v) is 5.68. The van der Waals surface area contributed by atoms with E-state index in [1.807, 2.05) is 91.0 Å². The lowest BCUT2D eigenvalue weighted by atomic mass is 9.80. The highest BCUT2D eigenvalue weighted by Crippen LogP contribution is 2.42. The van der Waals surface area contributed by atoms with E-state index in [9.17, 15) is 20.4 Å². The van der Waals surface area contributed by atoms with Gasteiger partial charge in [-0.25, -0.2) is 0 Å². The predicted molar refractivity (Wildman–Crippen MR) is 114 cm³/mol. The minimum Gasteiger partial charge on any atom is -0.394 e. The maximum absolute atomic E-state index is 10.7. The van der Waals surface area contributed by atoms with Crippen LogP contribution in [0, 0.1) is 0 Å². The Kier molecular flexibility index (Phi) is 6.48. The molecule has 5 atom stereocenters. The van der Waals surface area contributed by atoms with Crippen molar-refractivity contribution in [2.75, 3.05) is 6.61 Å². The van der Waals surface area contributed by atoms with Crippen molar-refractivity contribution in [1.29, 1.82) is 0 Å². The molecule has 0 radical (unpaired) electrons. The van der Waals surface area contributed by atoms with Crippen LogP contribution in [0.3, 0.4) is 0 Å². The fraction of sp³-hybridized carbons (Fsp3) is 0.280. The van der Waals surface area contributed by atoms with Gasteiger partial charge in [0.2, 0.25) is 0 Å². The van der Waals surface area contributed by atoms with Gasteiger partial charge in [-0.15, -0.1) is 0 Å². The molecule has 4 rings (SSSR count). The quantitative estimate of drug-likeness (QED) is 0.452. The fourth-order valence-corrected chi connectivity index (χ4v) is 4.06. The monoisotopic (exact) mass is 422 g/mol. The number of ether oxygens (including phenoxy) is 2. The standard InChI is InChI=1S/C25H26O6/c26-16-20-21(27)22(28)23(29)24(30-20)31-25(17-10-4-1-5-11-17,18-12-6-2-7-13-18)19-14-8-3-9-15-19/h1-15,20-24,26-29H,16H2/t20-,21+,22+,23-,24+/m1/s1. The molecule has 0 amide bonds. The number of aliphatic hydroxyl groups excluding tert-OH is 4. The lowest BCUT2D eigenvalue weighted by molar-refractivity contribution is -0.319. The summed E-state index contributed by atoms with van der Waals surface area (Å²) < 4.78 is 12.3. The molecule has 0 aliphatic carbocycles. The van der Waals surface area contributed by atoms with Crippen molar-refractivity contribution in [3.63, 3.8) is 0 Å². The smallest absolute Gasteiger partial charge is 0.188 e. The molecule has 0 saturated carbocycles. The van der Waals surface area contributed by atoms with Crippen LogP contribution in [0.4, 0.5) is 0 Å². The van der Waals surface area contributed by atoms with Gasteiger partial charge in [-0.05, 0) is 16.7 Å². The molecule has 1 fully saturated rings. The third kappa shape index (κ3) is 4.02. The summed E-state index contributed by atoms with van der Waals surface area (Å²) in [5, 5.41) is 40.8. The third-order valence-electron chi connectivity index (χ3n) is 5.68. The van der Waals surface area contributed by atoms with Gasteiger partial charge < -0.3 is 29.9 Å². The second kappa shape index (κ2) is 9.28. The van der Waals surface area contributed by atoms with Crippen LogP contribution in [0.5, 0.6) is 0 Å². The van der Waals surface area contributed by atoms with Crippen LogP contribution in [0.1, 0.15) is 16.7 Å². The summed E-state index contributed by atoms with van der Waals surface area (Å²) >= 11 is 0. The Morgan fingerprint density at radius 1 is 0.645 bits per heavy atom. The Morgan fingerprint density at radius 3 is 1.45 bits per heavy atom. The summed E-state index contributed by atoms with van der Waals surface area (Å²) in [7, 11) is 0. The number of hydrogen-bond acceptors (Lipinski definition) is 6. The number of benzene rings is 3. The topological polar surface area (TPSA) is 99.4 Å². The Hall–Kier alpha value is -2.58. The number of aliphatic hydroxyl groups is 4. The Balaban J connectivity index is 1.88. The highest BCUT2D eigenvalue weighted by atomic mass is 16.7. The molecule has 0 aromatic heterocycles. The average Bonchev–Trinajstić information content (AvgIpc) is 2.84. The van der Waals surface area contributed by atoms with Crippen molar-refractivity contribution in [1.82, 2.24) is 0 Å². The van der Waals surface area contributed by atoms with E-state index in [1.54, 1.807) is 0 Å². The Morgan fingerprint density at radius 2 is 1.06 bits per heavy atom. The first-order valence-corrected chi connectivity index (χ1v) is 10.2. The van der Waals surface area contributed by atoms with Crippen molar-refractivity contribution in [3.05, 3.63) is 108 Å². The molecule has 3 aromatic carbocycles. The molecule has 1 heterocycles. The molecule has 0 unspecified atom stereocenters. The molecule has 31 heavy (non-hydrogen) atoms. The number of rotatable bonds is 6. The first-order valence-electron chi connectivity index (χ1n) is 10.2. The summed E-state index contributed by atoms with van der Waals surface area (Å²) in [5.41, 5.74) is 1.20. The molecule has 0 bridgehead atoms. The highest BCUT2D eigenvalue weighted by Gasteiger charge is 2.49. The second-order valence-electron chi connectivity index (χ2n) is 7.59. The highest BCUT2D eigenvalue weighted by molar-refractivity contribution is 5.47. The van der Waals surface area contributed by atoms with Crippen LogP contribution in [0.25, 0.3) is 0 Å². The molecule has 162 valence electrons. The zero-order valence-electron chi connectivity index (χ0n) is 16.9. The van der Waals surface area contributed by atoms with Gasteiger partial charge in [0.1, 0.15) is 30.0 Å². The summed E-state index contributed by atoms with van der Waals surface area (Å²) in [4.78, 5) is 0. The molecule has 1 aliphatic rings. The van der Waals surface area contributed by atoms with E-state index < -0.39 is 42.9 Å². The normalized spacial score (nSPS) is 26.5. The van der Waals surface area contributed by atoms with Gasteiger partial charge in [0.25, 0.3) is 0 Å². The molecular weight excluding hydrogens is 396 g/mol. The summed E-state index contributed by atoms with van der Waals surface area (Å²) in [6, 6.07) is 28.6. The van der Waals surface area contributed by atoms with Crippen LogP contribution in [0.2, 0.25) is 0 Å². The molecular formula is C25H26O6. The molecule has 3 aromatic rings. The van der Waals surface area contributed by atoms with Gasteiger partial charge in [-0.1, -0.05) is 91.0 Å². The molecule has 4 N–H and O–H groups in total. The summed E-state index contributed by atoms with van der Waals surface area (Å²) in [6.45, 7) is -0.528. The molecule has 0 spiro atoms. The minimum absolute atomic E-state index is 0.528. The van der Waals surface area contributed by atoms with Crippen LogP contribution in [-0.2, 0) is 15.1 Å². The van der Waals surface area contributed by atoms with Crippen molar-refractivity contribution >= 4 is 0 Å². The lowest BCUT2D eigenvalue weighted by Crippen LogP contribution is -2.60. The zero-order chi connectivity index (χ0) is 21.8. The first kappa shape index (κ1) is 21.6. The van der Waals surface area contributed by atoms with Crippen molar-refractivity contribution in [3.8, 4) is 0 Å². The van der Waals surface area contributed by atoms with Crippen LogP contribution in [0.15, 0.2) is 91.0 Å². The maximum Gasteiger partial charge on any atom is 0.188 e. The Labute approximate surface area is 180 Å². The van der Waals surface area contributed by atoms with E-state index >= 15 is 0 Å². The Bertz CT molecular complexity index is 851. The van der Waals surface area contributed by atoms with E-state index in [1.165, 1.54) is 0 Å². The van der Waals surface area contributed by atoms with Gasteiger partial charge in [0.05, 0.1) is 6.61 Å². The van der Waals surface area contributed by atoms with Crippen molar-refractivity contribution in [2.24, 2.45) is 0 Å². The molecule has 6 heteroatoms. The van der Waals surface area contributed by atoms with Crippen LogP contribution < -0.4 is 0 Å². The van der Waals surface area contributed by atoms with E-state index in [-0.39, 0.29) is 0 Å². The van der Waals surface area contributed by atoms with Gasteiger partial charge in [-0.3, -0.25) is 0 Å². The lowest BCUT2D eigenvalue weighted by Gasteiger charge is -2.45. The average molecular weight is 422 g/mol. The van der Waals surface area contributed by atoms with Crippen LogP contribution in [-0.4, -0.2) is 57.7 Å². The van der Waals surface area contributed by atoms with Crippen molar-refractivity contribution in [2.45, 2.75) is 36.3 Å². The van der Waals surface area contributed by atoms with E-state index in [0.717, 1.165) is 16.7 Å². The largest absolute Gasteiger partial charge is 0.394 e. The van der Waals surface area contributed by atoms with E-state index in [0.29, 0.717) is 0 Å². The SMILES string of the molecule is OC[C@H]1O[C@@H](OC(c2ccccc2)(c2ccccc2)c2ccccc2)[C@H](O)[C@@H](O)[C@H]1O. The first-order chi connectivity index (χ1) is 15.1. The predicted octanol–water partition coefficient (Wildman–Crippen LogP) is 1.79. The van der Waals surface area contributed by atoms with Gasteiger partial charge in [-0.2, -0.15) is 0 Å².